The standard InChI is InChI=1S/C76H112N14O19S2.Ga/c1-4-5-7-14-57(93)37-56-48-111-46-54-34-52(41-84-29-31-88(32-30-84)65(96)42-85-23-21-83(40-49(2)91)22-25-86(43-67(99)100)27-28-87(26-24-85)44-68(101)102)33-53(35-54)45-110-47-55(71(104)81-60(70(78)103)39-66(97)98)38-63(94)59(36-51-12-8-6-9-13-51)80-72(105)58(17-18-64(77)95)79-74(107)69(50(3)92)82-73(106)61-15-10-19-89(61)76(109)62-16-11-20-90(62)75(56)108;/h6,8-9,12-13,33-35,50,55-56,58-62,69,91-92H,2,4-5,7,10-11,14-32,36-48H2,1,3H3,(H2,77,95)(H2,78,103)(H,79,107)(H,80,105)(H,81,104)(H,82,106)(H,97,98)(H,99,100)(H,101,102);/q;+3/p-3/t50-,55+,56+,58+,59+,60+,61+,62+,69+;/m1./s1. The minimum absolute atomic E-state index is 0.0248. The predicted molar refractivity (Wildman–Crippen MR) is 414 cm³/mol. The Morgan fingerprint density at radius 2 is 1.25 bits per heavy atom. The summed E-state index contributed by atoms with van der Waals surface area (Å²) >= 11 is -1.13. The molecule has 6 bridgehead atoms. The number of amides is 9. The van der Waals surface area contributed by atoms with Gasteiger partial charge in [-0.2, -0.15) is 23.5 Å². The fourth-order valence-electron chi connectivity index (χ4n) is 15.1. The molecule has 9 rings (SSSR count). The summed E-state index contributed by atoms with van der Waals surface area (Å²) in [5, 5.41) is 31.2. The SMILES string of the molecule is C=C1CN2CCN3CCN(CCN(CC(=O)N4CCN(Cc5cc6cc(c5)CSC[C@H](CC(=O)CCCCC)C(=O)N5CCC[C@H]5C(=O)N5CCC[C@H]5C(=O)N[C@@H]([C@@H](C)O)C(=O)N[C@@H](CCC(N)=O)C(=O)N[C@@H](Cc5ccccc5)C(=O)C[C@H](C(=O)N[C@@H](CC(=O)O)C(N)=O)CSC6)CC4)CC2)CC(=O)[O][Ga]([O]1)[O]C(=O)C3. The van der Waals surface area contributed by atoms with Gasteiger partial charge in [-0.05, 0) is 74.1 Å². The van der Waals surface area contributed by atoms with Crippen molar-refractivity contribution in [2.75, 3.05) is 129 Å². The van der Waals surface area contributed by atoms with E-state index < -0.39 is 162 Å². The number of aliphatic hydroxyl groups is 1. The van der Waals surface area contributed by atoms with Crippen molar-refractivity contribution in [3.63, 3.8) is 0 Å². The fourth-order valence-corrected chi connectivity index (χ4v) is 19.5. The molecule has 0 spiro atoms. The van der Waals surface area contributed by atoms with E-state index in [2.05, 4.69) is 48.6 Å². The summed E-state index contributed by atoms with van der Waals surface area (Å²) in [5.41, 5.74) is 14.3. The number of unbranched alkanes of at least 4 members (excludes halogenated alkanes) is 2. The van der Waals surface area contributed by atoms with Crippen LogP contribution in [0.1, 0.15) is 120 Å². The summed E-state index contributed by atoms with van der Waals surface area (Å²) in [4.78, 5) is 210. The Morgan fingerprint density at radius 1 is 0.661 bits per heavy atom. The van der Waals surface area contributed by atoms with E-state index in [4.69, 9.17) is 22.1 Å². The average Bonchev–Trinajstić information content (AvgIpc) is 1.65. The number of rotatable bonds is 21. The maximum atomic E-state index is 15.2. The third kappa shape index (κ3) is 27.1. The van der Waals surface area contributed by atoms with Crippen LogP contribution in [0.4, 0.5) is 0 Å². The van der Waals surface area contributed by atoms with Gasteiger partial charge < -0.3 is 52.7 Å². The number of nitrogens with one attached hydrogen (secondary N) is 4. The van der Waals surface area contributed by atoms with E-state index in [1.54, 1.807) is 30.3 Å². The van der Waals surface area contributed by atoms with Crippen LogP contribution >= 0.6 is 23.5 Å². The first-order valence-corrected chi connectivity index (χ1v) is 44.2. The van der Waals surface area contributed by atoms with Crippen molar-refractivity contribution >= 4 is 123 Å². The van der Waals surface area contributed by atoms with Gasteiger partial charge in [0.1, 0.15) is 36.0 Å². The zero-order valence-corrected chi connectivity index (χ0v) is 68.2. The van der Waals surface area contributed by atoms with Crippen molar-refractivity contribution in [2.24, 2.45) is 23.3 Å². The van der Waals surface area contributed by atoms with Crippen LogP contribution in [0.15, 0.2) is 60.9 Å². The molecule has 2 aromatic carbocycles. The Bertz CT molecular complexity index is 3670. The number of carbonyl (C=O) groups is 14. The Kier molecular flexibility index (Phi) is 34.2. The monoisotopic (exact) mass is 1650 g/mol. The molecule has 33 nitrogen and oxygen atoms in total. The van der Waals surface area contributed by atoms with E-state index in [0.29, 0.717) is 128 Å². The second-order valence-corrected chi connectivity index (χ2v) is 34.9. The summed E-state index contributed by atoms with van der Waals surface area (Å²) in [6.45, 7) is 14.5. The zero-order chi connectivity index (χ0) is 80.5. The Morgan fingerprint density at radius 3 is 1.86 bits per heavy atom. The molecule has 2 aromatic rings. The number of carboxylic acid groups (broad SMARTS) is 1. The number of primary amides is 2. The molecule has 0 radical (unpaired) electrons. The van der Waals surface area contributed by atoms with Crippen molar-refractivity contribution in [1.29, 1.82) is 0 Å². The number of Topliss-reactive ketones (excluding diaryl/α,β-unsaturated/α-hetero) is 2. The van der Waals surface area contributed by atoms with Crippen molar-refractivity contribution in [3.8, 4) is 0 Å². The van der Waals surface area contributed by atoms with E-state index in [-0.39, 0.29) is 99.7 Å². The molecular formula is C76H109GaN14O19S2. The second kappa shape index (κ2) is 43.5. The topological polar surface area (TPSA) is 433 Å². The summed E-state index contributed by atoms with van der Waals surface area (Å²) in [7, 11) is 0. The van der Waals surface area contributed by atoms with Crippen LogP contribution in [-0.2, 0) is 102 Å². The van der Waals surface area contributed by atoms with Gasteiger partial charge in [0.25, 0.3) is 0 Å². The molecule has 3 unspecified atom stereocenters. The number of carbonyl (C=O) groups excluding carboxylic acids is 13. The number of aliphatic hydroxyl groups excluding tert-OH is 1. The van der Waals surface area contributed by atoms with Crippen LogP contribution in [0.2, 0.25) is 0 Å². The first kappa shape index (κ1) is 88.0. The Labute approximate surface area is 668 Å². The number of aliphatic carboxylic acids is 1. The van der Waals surface area contributed by atoms with Gasteiger partial charge in [-0.1, -0.05) is 68.3 Å². The van der Waals surface area contributed by atoms with E-state index >= 15 is 9.59 Å². The van der Waals surface area contributed by atoms with Gasteiger partial charge in [-0.3, -0.25) is 57.6 Å². The molecule has 12 atom stereocenters. The van der Waals surface area contributed by atoms with Crippen LogP contribution in [0, 0.1) is 11.8 Å². The van der Waals surface area contributed by atoms with Crippen molar-refractivity contribution in [3.05, 3.63) is 83.1 Å². The Balaban J connectivity index is 1.00. The third-order valence-electron chi connectivity index (χ3n) is 21.3. The number of hydrogen-bond acceptors (Lipinski definition) is 25. The number of fused-ring (bicyclic) bond motifs is 11. The molecule has 0 saturated carbocycles. The summed E-state index contributed by atoms with van der Waals surface area (Å²) in [6.07, 6.45) is -0.302. The number of nitrogens with zero attached hydrogens (tertiary/aromatic N) is 8. The van der Waals surface area contributed by atoms with Crippen LogP contribution < -0.4 is 32.7 Å². The molecule has 6 fully saturated rings. The number of thioether (sulfide) groups is 2. The summed E-state index contributed by atoms with van der Waals surface area (Å²) < 4.78 is 17.2. The van der Waals surface area contributed by atoms with Crippen LogP contribution in [-0.4, -0.2) is 321 Å². The van der Waals surface area contributed by atoms with Crippen molar-refractivity contribution < 1.29 is 87.9 Å². The summed E-state index contributed by atoms with van der Waals surface area (Å²) in [6, 6.07) is 5.98. The van der Waals surface area contributed by atoms with Gasteiger partial charge in [0.2, 0.25) is 47.3 Å². The number of ketones is 2. The van der Waals surface area contributed by atoms with Gasteiger partial charge in [0.05, 0.1) is 30.4 Å². The molecule has 112 heavy (non-hydrogen) atoms. The van der Waals surface area contributed by atoms with E-state index in [9.17, 15) is 67.7 Å². The number of hydrogen-bond donors (Lipinski definition) is 8. The molecule has 0 aromatic heterocycles. The first-order valence-electron chi connectivity index (χ1n) is 38.9. The third-order valence-corrected chi connectivity index (χ3v) is 26.7. The molecule has 7 aliphatic heterocycles. The van der Waals surface area contributed by atoms with Gasteiger partial charge in [-0.25, -0.2) is 0 Å². The number of benzene rings is 2. The Hall–Kier alpha value is -7.94. The van der Waals surface area contributed by atoms with Crippen LogP contribution in [0.3, 0.4) is 0 Å². The molecule has 612 valence electrons. The second-order valence-electron chi connectivity index (χ2n) is 30.1. The quantitative estimate of drug-likeness (QED) is 0.0558. The molecular weight excluding hydrogens is 1550 g/mol. The molecule has 0 aliphatic carbocycles. The number of piperazine rings is 1. The molecule has 9 amide bonds. The maximum absolute atomic E-state index is 15.2. The predicted octanol–water partition coefficient (Wildman–Crippen LogP) is -0.838. The molecule has 7 aliphatic rings. The zero-order valence-electron chi connectivity index (χ0n) is 64.1. The van der Waals surface area contributed by atoms with Crippen LogP contribution in [0.25, 0.3) is 0 Å². The normalized spacial score (nSPS) is 26.4. The average molecular weight is 1660 g/mol. The number of nitrogens with two attached hydrogens (primary N) is 2. The molecule has 6 saturated heterocycles. The van der Waals surface area contributed by atoms with Gasteiger partial charge in [-0.15, -0.1) is 0 Å². The van der Waals surface area contributed by atoms with E-state index in [1.165, 1.54) is 40.2 Å². The van der Waals surface area contributed by atoms with Gasteiger partial charge in [0, 0.05) is 68.3 Å². The molecule has 7 heterocycles. The fraction of sp³-hybridized carbons (Fsp3) is 0.632. The van der Waals surface area contributed by atoms with Gasteiger partial charge in [0.15, 0.2) is 5.78 Å². The van der Waals surface area contributed by atoms with Crippen molar-refractivity contribution in [1.82, 2.24) is 60.5 Å². The van der Waals surface area contributed by atoms with E-state index in [0.717, 1.165) is 29.5 Å². The molecule has 10 N–H and O–H groups in total. The molecule has 36 heteroatoms. The minimum atomic E-state index is -3.83. The first-order chi connectivity index (χ1) is 53.6. The van der Waals surface area contributed by atoms with Gasteiger partial charge >= 0.3 is 208 Å². The number of carboxylic acids is 1. The van der Waals surface area contributed by atoms with Crippen molar-refractivity contribution in [2.45, 2.75) is 164 Å². The van der Waals surface area contributed by atoms with Crippen LogP contribution in [0.5, 0.6) is 0 Å². The summed E-state index contributed by atoms with van der Waals surface area (Å²) in [5.74, 6) is -11.1. The van der Waals surface area contributed by atoms with E-state index in [1.807, 2.05) is 33.8 Å².